The zero-order valence-electron chi connectivity index (χ0n) is 9.93. The Balaban J connectivity index is 2.71. The first-order chi connectivity index (χ1) is 8.04. The van der Waals surface area contributed by atoms with Crippen molar-refractivity contribution >= 4 is 17.7 Å². The zero-order chi connectivity index (χ0) is 12.8. The van der Waals surface area contributed by atoms with E-state index in [2.05, 4.69) is 5.32 Å². The van der Waals surface area contributed by atoms with Gasteiger partial charge < -0.3 is 15.3 Å². The first-order valence-electron chi connectivity index (χ1n) is 5.40. The van der Waals surface area contributed by atoms with E-state index in [0.29, 0.717) is 12.2 Å². The molecule has 17 heavy (non-hydrogen) atoms. The molecule has 0 heterocycles. The Labute approximate surface area is 100 Å². The van der Waals surface area contributed by atoms with Crippen molar-refractivity contribution in [2.75, 3.05) is 18.9 Å². The second-order valence-electron chi connectivity index (χ2n) is 3.74. The number of benzene rings is 1. The van der Waals surface area contributed by atoms with Crippen molar-refractivity contribution in [3.63, 3.8) is 0 Å². The van der Waals surface area contributed by atoms with Crippen LogP contribution in [0.25, 0.3) is 0 Å². The Bertz CT molecular complexity index is 418. The van der Waals surface area contributed by atoms with Gasteiger partial charge in [-0.15, -0.1) is 0 Å². The predicted molar refractivity (Wildman–Crippen MR) is 65.3 cm³/mol. The Hall–Kier alpha value is -2.04. The van der Waals surface area contributed by atoms with E-state index in [-0.39, 0.29) is 11.6 Å². The third kappa shape index (κ3) is 3.79. The highest BCUT2D eigenvalue weighted by Gasteiger charge is 2.09. The van der Waals surface area contributed by atoms with Crippen LogP contribution in [0.15, 0.2) is 24.3 Å². The number of aromatic carboxylic acids is 1. The first kappa shape index (κ1) is 13.0. The molecule has 0 unspecified atom stereocenters. The number of anilines is 1. The minimum absolute atomic E-state index is 0.154. The topological polar surface area (TPSA) is 69.6 Å². The standard InChI is InChI=1S/C12H16N2O3/c1-3-7-14(2)12(17)13-10-6-4-5-9(8-10)11(15)16/h4-6,8H,3,7H2,1-2H3,(H,13,17)(H,15,16). The fourth-order valence-corrected chi connectivity index (χ4v) is 1.39. The number of carboxylic acid groups (broad SMARTS) is 1. The van der Waals surface area contributed by atoms with Crippen LogP contribution in [-0.2, 0) is 0 Å². The van der Waals surface area contributed by atoms with Gasteiger partial charge in [-0.3, -0.25) is 0 Å². The molecule has 0 radical (unpaired) electrons. The van der Waals surface area contributed by atoms with Crippen molar-refractivity contribution in [3.8, 4) is 0 Å². The molecule has 0 aliphatic rings. The summed E-state index contributed by atoms with van der Waals surface area (Å²) in [4.78, 5) is 24.0. The van der Waals surface area contributed by atoms with E-state index in [1.807, 2.05) is 6.92 Å². The molecule has 2 N–H and O–H groups in total. The molecule has 0 aromatic heterocycles. The summed E-state index contributed by atoms with van der Waals surface area (Å²) >= 11 is 0. The second-order valence-corrected chi connectivity index (χ2v) is 3.74. The van der Waals surface area contributed by atoms with Crippen molar-refractivity contribution in [3.05, 3.63) is 29.8 Å². The van der Waals surface area contributed by atoms with Crippen molar-refractivity contribution in [1.29, 1.82) is 0 Å². The summed E-state index contributed by atoms with van der Waals surface area (Å²) in [7, 11) is 1.69. The monoisotopic (exact) mass is 236 g/mol. The smallest absolute Gasteiger partial charge is 0.335 e. The first-order valence-corrected chi connectivity index (χ1v) is 5.40. The molecule has 0 saturated heterocycles. The number of carbonyl (C=O) groups excluding carboxylic acids is 1. The number of rotatable bonds is 4. The van der Waals surface area contributed by atoms with Crippen LogP contribution in [-0.4, -0.2) is 35.6 Å². The van der Waals surface area contributed by atoms with E-state index >= 15 is 0 Å². The lowest BCUT2D eigenvalue weighted by Gasteiger charge is -2.16. The molecule has 2 amide bonds. The van der Waals surface area contributed by atoms with Gasteiger partial charge in [0.05, 0.1) is 5.56 Å². The van der Waals surface area contributed by atoms with E-state index in [4.69, 9.17) is 5.11 Å². The maximum atomic E-state index is 11.7. The highest BCUT2D eigenvalue weighted by Crippen LogP contribution is 2.11. The van der Waals surface area contributed by atoms with E-state index in [0.717, 1.165) is 6.42 Å². The maximum Gasteiger partial charge on any atom is 0.335 e. The van der Waals surface area contributed by atoms with Crippen LogP contribution in [0.4, 0.5) is 10.5 Å². The van der Waals surface area contributed by atoms with Gasteiger partial charge in [0.2, 0.25) is 0 Å². The fraction of sp³-hybridized carbons (Fsp3) is 0.333. The van der Waals surface area contributed by atoms with E-state index < -0.39 is 5.97 Å². The third-order valence-corrected chi connectivity index (χ3v) is 2.27. The van der Waals surface area contributed by atoms with Crippen molar-refractivity contribution in [1.82, 2.24) is 4.90 Å². The highest BCUT2D eigenvalue weighted by molar-refractivity contribution is 5.93. The SMILES string of the molecule is CCCN(C)C(=O)Nc1cccc(C(=O)O)c1. The van der Waals surface area contributed by atoms with Crippen molar-refractivity contribution < 1.29 is 14.7 Å². The van der Waals surface area contributed by atoms with Crippen LogP contribution in [0.3, 0.4) is 0 Å². The lowest BCUT2D eigenvalue weighted by Crippen LogP contribution is -2.31. The normalized spacial score (nSPS) is 9.76. The van der Waals surface area contributed by atoms with Gasteiger partial charge >= 0.3 is 12.0 Å². The summed E-state index contributed by atoms with van der Waals surface area (Å²) in [6.07, 6.45) is 0.874. The zero-order valence-corrected chi connectivity index (χ0v) is 9.93. The van der Waals surface area contributed by atoms with Crippen LogP contribution in [0, 0.1) is 0 Å². The molecule has 0 bridgehead atoms. The number of amides is 2. The molecule has 1 aromatic rings. The van der Waals surface area contributed by atoms with Gasteiger partial charge in [0.25, 0.3) is 0 Å². The van der Waals surface area contributed by atoms with Gasteiger partial charge in [-0.2, -0.15) is 0 Å². The minimum atomic E-state index is -1.01. The summed E-state index contributed by atoms with van der Waals surface area (Å²) in [6.45, 7) is 2.64. The molecular weight excluding hydrogens is 220 g/mol. The summed E-state index contributed by atoms with van der Waals surface area (Å²) in [6, 6.07) is 5.92. The molecule has 0 aliphatic carbocycles. The van der Waals surface area contributed by atoms with Gasteiger partial charge in [-0.25, -0.2) is 9.59 Å². The number of carboxylic acids is 1. The van der Waals surface area contributed by atoms with Crippen LogP contribution >= 0.6 is 0 Å². The van der Waals surface area contributed by atoms with Crippen molar-refractivity contribution in [2.45, 2.75) is 13.3 Å². The largest absolute Gasteiger partial charge is 0.478 e. The number of urea groups is 1. The van der Waals surface area contributed by atoms with Gasteiger partial charge in [0.1, 0.15) is 0 Å². The van der Waals surface area contributed by atoms with Crippen LogP contribution in [0.2, 0.25) is 0 Å². The van der Waals surface area contributed by atoms with E-state index in [1.54, 1.807) is 24.1 Å². The number of hydrogen-bond acceptors (Lipinski definition) is 2. The minimum Gasteiger partial charge on any atom is -0.478 e. The summed E-state index contributed by atoms with van der Waals surface area (Å²) < 4.78 is 0. The molecule has 0 fully saturated rings. The second kappa shape index (κ2) is 5.89. The highest BCUT2D eigenvalue weighted by atomic mass is 16.4. The molecule has 0 aliphatic heterocycles. The summed E-state index contributed by atoms with van der Waals surface area (Å²) in [5.74, 6) is -1.01. The summed E-state index contributed by atoms with van der Waals surface area (Å²) in [5.41, 5.74) is 0.638. The fourth-order valence-electron chi connectivity index (χ4n) is 1.39. The van der Waals surface area contributed by atoms with Crippen molar-refractivity contribution in [2.24, 2.45) is 0 Å². The molecule has 0 saturated carbocycles. The Kier molecular flexibility index (Phi) is 4.51. The van der Waals surface area contributed by atoms with E-state index in [1.165, 1.54) is 12.1 Å². The molecule has 0 spiro atoms. The van der Waals surface area contributed by atoms with E-state index in [9.17, 15) is 9.59 Å². The van der Waals surface area contributed by atoms with Crippen LogP contribution < -0.4 is 5.32 Å². The molecule has 5 heteroatoms. The molecule has 0 atom stereocenters. The van der Waals surface area contributed by atoms with Crippen LogP contribution in [0.5, 0.6) is 0 Å². The third-order valence-electron chi connectivity index (χ3n) is 2.27. The van der Waals surface area contributed by atoms with Gasteiger partial charge in [0, 0.05) is 19.3 Å². The quantitative estimate of drug-likeness (QED) is 0.842. The Morgan fingerprint density at radius 3 is 2.71 bits per heavy atom. The Morgan fingerprint density at radius 2 is 2.12 bits per heavy atom. The molecular formula is C12H16N2O3. The van der Waals surface area contributed by atoms with Gasteiger partial charge in [0.15, 0.2) is 0 Å². The number of carbonyl (C=O) groups is 2. The number of nitrogens with zero attached hydrogens (tertiary/aromatic N) is 1. The van der Waals surface area contributed by atoms with Crippen LogP contribution in [0.1, 0.15) is 23.7 Å². The van der Waals surface area contributed by atoms with Gasteiger partial charge in [-0.1, -0.05) is 13.0 Å². The maximum absolute atomic E-state index is 11.7. The average Bonchev–Trinajstić information content (AvgIpc) is 2.29. The lowest BCUT2D eigenvalue weighted by atomic mass is 10.2. The Morgan fingerprint density at radius 1 is 1.41 bits per heavy atom. The molecule has 92 valence electrons. The summed E-state index contributed by atoms with van der Waals surface area (Å²) in [5, 5.41) is 11.5. The molecule has 1 aromatic carbocycles. The number of hydrogen-bond donors (Lipinski definition) is 2. The predicted octanol–water partition coefficient (Wildman–Crippen LogP) is 2.26. The average molecular weight is 236 g/mol. The number of nitrogens with one attached hydrogen (secondary N) is 1. The molecule has 5 nitrogen and oxygen atoms in total. The lowest BCUT2D eigenvalue weighted by molar-refractivity contribution is 0.0697. The van der Waals surface area contributed by atoms with Gasteiger partial charge in [-0.05, 0) is 24.6 Å². The molecule has 1 rings (SSSR count).